The lowest BCUT2D eigenvalue weighted by molar-refractivity contribution is 0.111. The smallest absolute Gasteiger partial charge is 0.423 e. The molecule has 0 atom stereocenters. The van der Waals surface area contributed by atoms with Crippen LogP contribution in [0, 0.1) is 6.92 Å². The second-order valence-electron chi connectivity index (χ2n) is 19.9. The molecule has 12 nitrogen and oxygen atoms in total. The molecule has 0 aliphatic carbocycles. The standard InChI is InChI=1S/C31H36BN3O4S.C31H35N3O2S/c1-33(2)25-14-15-26-28(22-40-17-9-16-34(3)20-24-12-7-8-13-29(24)32(38)39)27(21-36)31(37)35(30(26)18-25)19-23-10-5-4-6-11-23;1-23-11-8-9-14-25(23)21-33(4)17-10-18-37-30-27-16-15-26(32(2)3)19-29(27)34(31(36)28(30)22-35)20-24-12-6-5-7-13-24/h4-8,10-15,18,21,38-39H,9,16-17,19-20,22H2,1-3H3;5-9,11-16,19,22H,10,17-18,20-21H2,1-4H3. The minimum absolute atomic E-state index is 0.227. The zero-order valence-corrected chi connectivity index (χ0v) is 47.0. The van der Waals surface area contributed by atoms with Crippen LogP contribution in [0.15, 0.2) is 160 Å². The van der Waals surface area contributed by atoms with Crippen LogP contribution in [0.5, 0.6) is 0 Å². The van der Waals surface area contributed by atoms with Crippen molar-refractivity contribution in [3.05, 3.63) is 211 Å². The number of rotatable bonds is 24. The van der Waals surface area contributed by atoms with E-state index >= 15 is 0 Å². The SMILES string of the molecule is CN(CCCSCc1c(C=O)c(=O)n(Cc2ccccc2)c2cc(N(C)C)ccc12)Cc1ccccc1B(O)O.Cc1ccccc1CN(C)CCCSc1c(C=O)c(=O)n(Cc2ccccc2)c2cc(N(C)C)ccc12. The minimum Gasteiger partial charge on any atom is -0.423 e. The molecule has 0 aliphatic rings. The normalized spacial score (nSPS) is 11.3. The van der Waals surface area contributed by atoms with Gasteiger partial charge < -0.3 is 38.8 Å². The van der Waals surface area contributed by atoms with Gasteiger partial charge in [-0.15, -0.1) is 11.8 Å². The summed E-state index contributed by atoms with van der Waals surface area (Å²) >= 11 is 3.32. The van der Waals surface area contributed by atoms with E-state index in [-0.39, 0.29) is 22.2 Å². The first-order chi connectivity index (χ1) is 37.2. The molecule has 2 N–H and O–H groups in total. The fourth-order valence-electron chi connectivity index (χ4n) is 9.48. The Balaban J connectivity index is 0.000000224. The van der Waals surface area contributed by atoms with Gasteiger partial charge in [-0.1, -0.05) is 115 Å². The van der Waals surface area contributed by atoms with Gasteiger partial charge in [0.2, 0.25) is 0 Å². The monoisotopic (exact) mass is 1070 g/mol. The Hall–Kier alpha value is -6.72. The predicted octanol–water partition coefficient (Wildman–Crippen LogP) is 9.21. The molecular formula is C62H71BN6O6S2. The lowest BCUT2D eigenvalue weighted by Crippen LogP contribution is -2.35. The second kappa shape index (κ2) is 28.1. The highest BCUT2D eigenvalue weighted by molar-refractivity contribution is 7.99. The number of carbonyl (C=O) groups excluding carboxylic acids is 2. The lowest BCUT2D eigenvalue weighted by atomic mass is 9.77. The van der Waals surface area contributed by atoms with Gasteiger partial charge in [0.25, 0.3) is 11.1 Å². The number of carbonyl (C=O) groups is 2. The van der Waals surface area contributed by atoms with Gasteiger partial charge in [0.1, 0.15) is 0 Å². The topological polar surface area (TPSA) is 132 Å². The van der Waals surface area contributed by atoms with E-state index < -0.39 is 7.12 Å². The first-order valence-electron chi connectivity index (χ1n) is 26.0. The maximum Gasteiger partial charge on any atom is 0.488 e. The number of benzene rings is 6. The molecule has 8 rings (SSSR count). The van der Waals surface area contributed by atoms with E-state index in [1.807, 2.05) is 154 Å². The Kier molecular flexibility index (Phi) is 21.1. The minimum atomic E-state index is -1.49. The number of fused-ring (bicyclic) bond motifs is 2. The zero-order chi connectivity index (χ0) is 55.0. The van der Waals surface area contributed by atoms with Crippen LogP contribution < -0.4 is 26.4 Å². The summed E-state index contributed by atoms with van der Waals surface area (Å²) < 4.78 is 3.45. The van der Waals surface area contributed by atoms with Gasteiger partial charge in [-0.3, -0.25) is 19.2 Å². The van der Waals surface area contributed by atoms with Crippen molar-refractivity contribution in [1.82, 2.24) is 18.9 Å². The van der Waals surface area contributed by atoms with Gasteiger partial charge in [0.05, 0.1) is 35.2 Å². The Labute approximate surface area is 462 Å². The maximum absolute atomic E-state index is 13.6. The van der Waals surface area contributed by atoms with E-state index in [1.54, 1.807) is 44.8 Å². The molecule has 400 valence electrons. The van der Waals surface area contributed by atoms with Crippen LogP contribution in [0.4, 0.5) is 11.4 Å². The number of pyridine rings is 2. The van der Waals surface area contributed by atoms with Gasteiger partial charge in [-0.25, -0.2) is 0 Å². The quantitative estimate of drug-likeness (QED) is 0.0259. The number of anilines is 2. The van der Waals surface area contributed by atoms with E-state index in [2.05, 4.69) is 48.0 Å². The number of hydrogen-bond acceptors (Lipinski definition) is 12. The summed E-state index contributed by atoms with van der Waals surface area (Å²) in [5.41, 5.74) is 10.5. The van der Waals surface area contributed by atoms with Crippen molar-refractivity contribution in [2.45, 2.75) is 56.6 Å². The molecule has 0 bridgehead atoms. The van der Waals surface area contributed by atoms with E-state index in [4.69, 9.17) is 0 Å². The molecule has 2 aromatic heterocycles. The van der Waals surface area contributed by atoms with Crippen molar-refractivity contribution >= 4 is 81.9 Å². The molecule has 0 aliphatic heterocycles. The first-order valence-corrected chi connectivity index (χ1v) is 28.1. The van der Waals surface area contributed by atoms with Crippen LogP contribution in [0.25, 0.3) is 21.8 Å². The number of aryl methyl sites for hydroxylation is 1. The molecule has 0 unspecified atom stereocenters. The molecule has 0 saturated carbocycles. The molecule has 77 heavy (non-hydrogen) atoms. The molecule has 0 spiro atoms. The molecule has 8 aromatic rings. The van der Waals surface area contributed by atoms with Gasteiger partial charge >= 0.3 is 7.12 Å². The average Bonchev–Trinajstić information content (AvgIpc) is 3.43. The van der Waals surface area contributed by atoms with Crippen molar-refractivity contribution < 1.29 is 19.6 Å². The summed E-state index contributed by atoms with van der Waals surface area (Å²) in [5.74, 6) is 2.25. The van der Waals surface area contributed by atoms with E-state index in [0.717, 1.165) is 111 Å². The Morgan fingerprint density at radius 3 is 1.58 bits per heavy atom. The summed E-state index contributed by atoms with van der Waals surface area (Å²) in [5, 5.41) is 21.1. The van der Waals surface area contributed by atoms with Crippen molar-refractivity contribution in [3.8, 4) is 0 Å². The van der Waals surface area contributed by atoms with Gasteiger partial charge in [-0.2, -0.15) is 11.8 Å². The maximum atomic E-state index is 13.6. The van der Waals surface area contributed by atoms with Gasteiger partial charge in [0, 0.05) is 74.1 Å². The second-order valence-corrected chi connectivity index (χ2v) is 22.1. The largest absolute Gasteiger partial charge is 0.488 e. The van der Waals surface area contributed by atoms with Gasteiger partial charge in [-0.05, 0) is 128 Å². The third-order valence-corrected chi connectivity index (χ3v) is 16.0. The van der Waals surface area contributed by atoms with Crippen LogP contribution in [-0.2, 0) is 31.9 Å². The number of hydrogen-bond donors (Lipinski definition) is 2. The molecule has 0 radical (unpaired) electrons. The van der Waals surface area contributed by atoms with E-state index in [1.165, 1.54) is 11.1 Å². The lowest BCUT2D eigenvalue weighted by Gasteiger charge is -2.20. The van der Waals surface area contributed by atoms with Crippen LogP contribution in [0.2, 0.25) is 0 Å². The third-order valence-electron chi connectivity index (χ3n) is 13.8. The fraction of sp³-hybridized carbons (Fsp3) is 0.290. The molecule has 0 amide bonds. The first kappa shape index (κ1) is 58.0. The molecule has 15 heteroatoms. The summed E-state index contributed by atoms with van der Waals surface area (Å²) in [4.78, 5) is 60.9. The van der Waals surface area contributed by atoms with E-state index in [0.29, 0.717) is 37.1 Å². The Bertz CT molecular complexity index is 3390. The third kappa shape index (κ3) is 15.1. The summed E-state index contributed by atoms with van der Waals surface area (Å²) in [6, 6.07) is 47.8. The molecule has 0 saturated heterocycles. The number of aromatic nitrogens is 2. The van der Waals surface area contributed by atoms with Crippen molar-refractivity contribution in [1.29, 1.82) is 0 Å². The summed E-state index contributed by atoms with van der Waals surface area (Å²) in [7, 11) is 10.6. The predicted molar refractivity (Wildman–Crippen MR) is 323 cm³/mol. The van der Waals surface area contributed by atoms with Crippen molar-refractivity contribution in [2.24, 2.45) is 0 Å². The Morgan fingerprint density at radius 2 is 1.04 bits per heavy atom. The summed E-state index contributed by atoms with van der Waals surface area (Å²) in [6.07, 6.45) is 3.31. The van der Waals surface area contributed by atoms with Crippen LogP contribution in [0.1, 0.15) is 66.9 Å². The zero-order valence-electron chi connectivity index (χ0n) is 45.4. The van der Waals surface area contributed by atoms with Crippen LogP contribution in [0.3, 0.4) is 0 Å². The van der Waals surface area contributed by atoms with Crippen molar-refractivity contribution in [2.75, 3.05) is 76.7 Å². The van der Waals surface area contributed by atoms with Gasteiger partial charge in [0.15, 0.2) is 12.6 Å². The molecular weight excluding hydrogens is 1000 g/mol. The molecule has 2 heterocycles. The Morgan fingerprint density at radius 1 is 0.558 bits per heavy atom. The highest BCUT2D eigenvalue weighted by Crippen LogP contribution is 2.33. The molecule has 6 aromatic carbocycles. The van der Waals surface area contributed by atoms with E-state index in [9.17, 15) is 29.2 Å². The molecule has 0 fully saturated rings. The average molecular weight is 1070 g/mol. The number of nitrogens with zero attached hydrogens (tertiary/aromatic N) is 6. The highest BCUT2D eigenvalue weighted by atomic mass is 32.2. The van der Waals surface area contributed by atoms with Crippen LogP contribution in [-0.4, -0.2) is 116 Å². The number of thioether (sulfide) groups is 2. The number of aldehydes is 2. The summed E-state index contributed by atoms with van der Waals surface area (Å²) in [6.45, 7) is 6.24. The van der Waals surface area contributed by atoms with Crippen molar-refractivity contribution in [3.63, 3.8) is 0 Å². The van der Waals surface area contributed by atoms with Crippen LogP contribution >= 0.6 is 23.5 Å². The fourth-order valence-corrected chi connectivity index (χ4v) is 11.6. The highest BCUT2D eigenvalue weighted by Gasteiger charge is 2.21.